The van der Waals surface area contributed by atoms with Crippen molar-refractivity contribution in [1.29, 1.82) is 0 Å². The number of oxime groups is 1. The van der Waals surface area contributed by atoms with E-state index in [0.29, 0.717) is 24.5 Å². The number of para-hydroxylation sites is 2. The number of benzene rings is 2. The Bertz CT molecular complexity index is 728. The van der Waals surface area contributed by atoms with Crippen LogP contribution in [-0.2, 0) is 9.63 Å². The molecule has 3 rings (SSSR count). The molecular weight excluding hydrogens is 304 g/mol. The number of ether oxygens (including phenoxy) is 1. The van der Waals surface area contributed by atoms with Crippen LogP contribution < -0.4 is 10.1 Å². The third-order valence-electron chi connectivity index (χ3n) is 3.67. The monoisotopic (exact) mass is 324 g/mol. The molecule has 0 aromatic heterocycles. The van der Waals surface area contributed by atoms with E-state index >= 15 is 0 Å². The minimum Gasteiger partial charge on any atom is -0.491 e. The molecule has 0 unspecified atom stereocenters. The van der Waals surface area contributed by atoms with Crippen molar-refractivity contribution in [3.05, 3.63) is 60.2 Å². The lowest BCUT2D eigenvalue weighted by Gasteiger charge is -2.13. The third kappa shape index (κ3) is 3.74. The number of amides is 1. The van der Waals surface area contributed by atoms with Crippen molar-refractivity contribution in [2.75, 3.05) is 11.9 Å². The Morgan fingerprint density at radius 2 is 1.96 bits per heavy atom. The zero-order chi connectivity index (χ0) is 16.8. The maximum absolute atomic E-state index is 12.5. The Morgan fingerprint density at radius 3 is 2.75 bits per heavy atom. The number of carbonyl (C=O) groups excluding carboxylic acids is 1. The molecule has 0 bridgehead atoms. The summed E-state index contributed by atoms with van der Waals surface area (Å²) in [5, 5.41) is 6.92. The molecule has 1 aliphatic rings. The molecule has 1 heterocycles. The average Bonchev–Trinajstić information content (AvgIpc) is 3.12. The third-order valence-corrected chi connectivity index (χ3v) is 3.67. The first-order valence-corrected chi connectivity index (χ1v) is 8.08. The van der Waals surface area contributed by atoms with Crippen LogP contribution in [0.3, 0.4) is 0 Å². The molecular formula is C19H20N2O3. The van der Waals surface area contributed by atoms with Gasteiger partial charge in [0.25, 0.3) is 5.91 Å². The minimum atomic E-state index is -0.626. The molecule has 1 amide bonds. The predicted molar refractivity (Wildman–Crippen MR) is 93.3 cm³/mol. The molecule has 0 saturated carbocycles. The molecule has 24 heavy (non-hydrogen) atoms. The van der Waals surface area contributed by atoms with Crippen molar-refractivity contribution in [3.63, 3.8) is 0 Å². The van der Waals surface area contributed by atoms with Crippen LogP contribution >= 0.6 is 0 Å². The molecule has 1 aliphatic heterocycles. The highest BCUT2D eigenvalue weighted by Gasteiger charge is 2.29. The van der Waals surface area contributed by atoms with E-state index in [4.69, 9.17) is 9.57 Å². The van der Waals surface area contributed by atoms with Crippen molar-refractivity contribution >= 4 is 17.3 Å². The molecule has 0 saturated heterocycles. The second kappa shape index (κ2) is 7.64. The summed E-state index contributed by atoms with van der Waals surface area (Å²) in [6.07, 6.45) is 0.732. The summed E-state index contributed by atoms with van der Waals surface area (Å²) >= 11 is 0. The van der Waals surface area contributed by atoms with Crippen LogP contribution in [0.2, 0.25) is 0 Å². The Labute approximate surface area is 141 Å². The summed E-state index contributed by atoms with van der Waals surface area (Å²) in [7, 11) is 0. The largest absolute Gasteiger partial charge is 0.491 e. The molecule has 0 radical (unpaired) electrons. The lowest BCUT2D eigenvalue weighted by molar-refractivity contribution is -0.125. The Kier molecular flexibility index (Phi) is 5.11. The summed E-state index contributed by atoms with van der Waals surface area (Å²) in [4.78, 5) is 17.8. The van der Waals surface area contributed by atoms with E-state index in [1.807, 2.05) is 61.5 Å². The molecule has 5 heteroatoms. The topological polar surface area (TPSA) is 59.9 Å². The lowest BCUT2D eigenvalue weighted by atomic mass is 10.0. The number of hydrogen-bond donors (Lipinski definition) is 1. The summed E-state index contributed by atoms with van der Waals surface area (Å²) in [6.45, 7) is 2.64. The van der Waals surface area contributed by atoms with Crippen molar-refractivity contribution < 1.29 is 14.4 Å². The SMILES string of the molecule is CCCOc1ccccc1NC(=O)[C@@H]1CC(c2ccccc2)=NO1. The number of carbonyl (C=O) groups is 1. The van der Waals surface area contributed by atoms with Crippen molar-refractivity contribution in [3.8, 4) is 5.75 Å². The van der Waals surface area contributed by atoms with E-state index in [9.17, 15) is 4.79 Å². The number of anilines is 1. The average molecular weight is 324 g/mol. The standard InChI is InChI=1S/C19H20N2O3/c1-2-12-23-17-11-7-6-10-15(17)20-19(22)18-13-16(21-24-18)14-8-4-3-5-9-14/h3-11,18H,2,12-13H2,1H3,(H,20,22)/t18-/m0/s1. The Hall–Kier alpha value is -2.82. The number of rotatable bonds is 6. The van der Waals surface area contributed by atoms with Gasteiger partial charge in [-0.15, -0.1) is 0 Å². The molecule has 2 aromatic rings. The van der Waals surface area contributed by atoms with Gasteiger partial charge >= 0.3 is 0 Å². The van der Waals surface area contributed by atoms with Crippen molar-refractivity contribution in [1.82, 2.24) is 0 Å². The molecule has 1 N–H and O–H groups in total. The van der Waals surface area contributed by atoms with E-state index in [-0.39, 0.29) is 5.91 Å². The minimum absolute atomic E-state index is 0.225. The van der Waals surface area contributed by atoms with Gasteiger partial charge in [-0.3, -0.25) is 4.79 Å². The fraction of sp³-hybridized carbons (Fsp3) is 0.263. The molecule has 2 aromatic carbocycles. The Morgan fingerprint density at radius 1 is 1.21 bits per heavy atom. The smallest absolute Gasteiger partial charge is 0.268 e. The van der Waals surface area contributed by atoms with Gasteiger partial charge in [0.1, 0.15) is 5.75 Å². The maximum atomic E-state index is 12.5. The van der Waals surface area contributed by atoms with Gasteiger partial charge in [-0.25, -0.2) is 0 Å². The first kappa shape index (κ1) is 16.1. The maximum Gasteiger partial charge on any atom is 0.268 e. The van der Waals surface area contributed by atoms with Gasteiger partial charge in [0.05, 0.1) is 18.0 Å². The summed E-state index contributed by atoms with van der Waals surface area (Å²) < 4.78 is 5.66. The van der Waals surface area contributed by atoms with Crippen LogP contribution in [0.4, 0.5) is 5.69 Å². The molecule has 0 aliphatic carbocycles. The second-order valence-electron chi connectivity index (χ2n) is 5.54. The first-order valence-electron chi connectivity index (χ1n) is 8.08. The van der Waals surface area contributed by atoms with Gasteiger partial charge in [-0.2, -0.15) is 0 Å². The van der Waals surface area contributed by atoms with Crippen LogP contribution in [-0.4, -0.2) is 24.3 Å². The molecule has 5 nitrogen and oxygen atoms in total. The molecule has 0 fully saturated rings. The molecule has 124 valence electrons. The summed E-state index contributed by atoms with van der Waals surface area (Å²) in [5.41, 5.74) is 2.40. The zero-order valence-electron chi connectivity index (χ0n) is 13.6. The quantitative estimate of drug-likeness (QED) is 0.883. The highest BCUT2D eigenvalue weighted by Crippen LogP contribution is 2.25. The van der Waals surface area contributed by atoms with Gasteiger partial charge in [0.2, 0.25) is 6.10 Å². The number of nitrogens with one attached hydrogen (secondary N) is 1. The number of nitrogens with zero attached hydrogens (tertiary/aromatic N) is 1. The lowest BCUT2D eigenvalue weighted by Crippen LogP contribution is -2.28. The van der Waals surface area contributed by atoms with Crippen LogP contribution in [0.1, 0.15) is 25.3 Å². The highest BCUT2D eigenvalue weighted by molar-refractivity contribution is 6.06. The van der Waals surface area contributed by atoms with Crippen LogP contribution in [0, 0.1) is 0 Å². The van der Waals surface area contributed by atoms with Crippen molar-refractivity contribution in [2.45, 2.75) is 25.9 Å². The van der Waals surface area contributed by atoms with Gasteiger partial charge in [0.15, 0.2) is 0 Å². The van der Waals surface area contributed by atoms with Gasteiger partial charge in [-0.05, 0) is 24.1 Å². The van der Waals surface area contributed by atoms with E-state index in [0.717, 1.165) is 17.7 Å². The summed E-state index contributed by atoms with van der Waals surface area (Å²) in [6, 6.07) is 17.1. The van der Waals surface area contributed by atoms with Crippen LogP contribution in [0.5, 0.6) is 5.75 Å². The number of hydrogen-bond acceptors (Lipinski definition) is 4. The van der Waals surface area contributed by atoms with Crippen LogP contribution in [0.15, 0.2) is 59.8 Å². The van der Waals surface area contributed by atoms with E-state index < -0.39 is 6.10 Å². The van der Waals surface area contributed by atoms with E-state index in [1.165, 1.54) is 0 Å². The zero-order valence-corrected chi connectivity index (χ0v) is 13.6. The van der Waals surface area contributed by atoms with Gasteiger partial charge < -0.3 is 14.9 Å². The highest BCUT2D eigenvalue weighted by atomic mass is 16.6. The van der Waals surface area contributed by atoms with E-state index in [1.54, 1.807) is 0 Å². The molecule has 1 atom stereocenters. The molecule has 0 spiro atoms. The summed E-state index contributed by atoms with van der Waals surface area (Å²) in [5.74, 6) is 0.437. The van der Waals surface area contributed by atoms with Gasteiger partial charge in [-0.1, -0.05) is 54.5 Å². The second-order valence-corrected chi connectivity index (χ2v) is 5.54. The Balaban J connectivity index is 1.63. The fourth-order valence-corrected chi connectivity index (χ4v) is 2.44. The normalized spacial score (nSPS) is 16.2. The van der Waals surface area contributed by atoms with Crippen molar-refractivity contribution in [2.24, 2.45) is 5.16 Å². The fourth-order valence-electron chi connectivity index (χ4n) is 2.44. The van der Waals surface area contributed by atoms with Crippen LogP contribution in [0.25, 0.3) is 0 Å². The first-order chi connectivity index (χ1) is 11.8. The predicted octanol–water partition coefficient (Wildman–Crippen LogP) is 3.61. The van der Waals surface area contributed by atoms with E-state index in [2.05, 4.69) is 10.5 Å². The van der Waals surface area contributed by atoms with Gasteiger partial charge in [0, 0.05) is 6.42 Å².